The largest absolute Gasteiger partial charge is 0.336 e. The van der Waals surface area contributed by atoms with Gasteiger partial charge in [0.15, 0.2) is 0 Å². The summed E-state index contributed by atoms with van der Waals surface area (Å²) >= 11 is 3.45. The minimum atomic E-state index is 0.184. The molecule has 0 saturated carbocycles. The molecule has 98 valence electrons. The summed E-state index contributed by atoms with van der Waals surface area (Å²) in [6, 6.07) is 6.28. The molecule has 2 nitrogen and oxygen atoms in total. The summed E-state index contributed by atoms with van der Waals surface area (Å²) in [5.41, 5.74) is 1.89. The lowest BCUT2D eigenvalue weighted by atomic mass is 10.1. The molecule has 0 spiro atoms. The molecule has 1 atom stereocenters. The van der Waals surface area contributed by atoms with Crippen LogP contribution in [0.15, 0.2) is 22.7 Å². The maximum Gasteiger partial charge on any atom is 0.254 e. The van der Waals surface area contributed by atoms with Gasteiger partial charge in [0.1, 0.15) is 0 Å². The number of halogens is 1. The zero-order valence-corrected chi connectivity index (χ0v) is 12.7. The SMILES string of the molecule is Cc1ccc(Br)cc1C(=O)N1CCCCCC1C. The number of aryl methyl sites for hydroxylation is 1. The number of rotatable bonds is 1. The van der Waals surface area contributed by atoms with Crippen LogP contribution in [-0.2, 0) is 0 Å². The van der Waals surface area contributed by atoms with Crippen molar-refractivity contribution in [2.75, 3.05) is 6.54 Å². The van der Waals surface area contributed by atoms with Crippen molar-refractivity contribution < 1.29 is 4.79 Å². The first-order chi connectivity index (χ1) is 8.59. The van der Waals surface area contributed by atoms with E-state index in [2.05, 4.69) is 22.9 Å². The molecule has 1 saturated heterocycles. The van der Waals surface area contributed by atoms with Gasteiger partial charge in [-0.05, 0) is 44.4 Å². The third-order valence-corrected chi connectivity index (χ3v) is 4.24. The van der Waals surface area contributed by atoms with E-state index in [-0.39, 0.29) is 5.91 Å². The van der Waals surface area contributed by atoms with Crippen molar-refractivity contribution in [1.29, 1.82) is 0 Å². The average molecular weight is 310 g/mol. The number of hydrogen-bond acceptors (Lipinski definition) is 1. The van der Waals surface area contributed by atoms with E-state index < -0.39 is 0 Å². The van der Waals surface area contributed by atoms with Crippen LogP contribution in [0.25, 0.3) is 0 Å². The Hall–Kier alpha value is -0.830. The predicted molar refractivity (Wildman–Crippen MR) is 77.8 cm³/mol. The van der Waals surface area contributed by atoms with Crippen LogP contribution in [0.5, 0.6) is 0 Å². The summed E-state index contributed by atoms with van der Waals surface area (Å²) in [7, 11) is 0. The summed E-state index contributed by atoms with van der Waals surface area (Å²) < 4.78 is 0.971. The molecular weight excluding hydrogens is 290 g/mol. The van der Waals surface area contributed by atoms with Gasteiger partial charge < -0.3 is 4.90 Å². The Bertz CT molecular complexity index is 444. The van der Waals surface area contributed by atoms with E-state index in [4.69, 9.17) is 0 Å². The molecule has 18 heavy (non-hydrogen) atoms. The fraction of sp³-hybridized carbons (Fsp3) is 0.533. The maximum atomic E-state index is 12.6. The molecule has 0 radical (unpaired) electrons. The smallest absolute Gasteiger partial charge is 0.254 e. The summed E-state index contributed by atoms with van der Waals surface area (Å²) in [5, 5.41) is 0. The number of carbonyl (C=O) groups excluding carboxylic acids is 1. The Morgan fingerprint density at radius 3 is 2.89 bits per heavy atom. The molecule has 1 aromatic rings. The number of likely N-dealkylation sites (tertiary alicyclic amines) is 1. The molecule has 1 fully saturated rings. The average Bonchev–Trinajstić information content (AvgIpc) is 2.56. The van der Waals surface area contributed by atoms with E-state index in [1.165, 1.54) is 12.8 Å². The van der Waals surface area contributed by atoms with Gasteiger partial charge >= 0.3 is 0 Å². The summed E-state index contributed by atoms with van der Waals surface area (Å²) in [6.45, 7) is 5.06. The lowest BCUT2D eigenvalue weighted by Crippen LogP contribution is -2.38. The van der Waals surface area contributed by atoms with E-state index in [0.717, 1.165) is 35.0 Å². The molecular formula is C15H20BrNO. The molecule has 0 aliphatic carbocycles. The van der Waals surface area contributed by atoms with Crippen molar-refractivity contribution in [1.82, 2.24) is 4.90 Å². The number of hydrogen-bond donors (Lipinski definition) is 0. The van der Waals surface area contributed by atoms with Crippen molar-refractivity contribution in [3.8, 4) is 0 Å². The molecule has 1 unspecified atom stereocenters. The highest BCUT2D eigenvalue weighted by atomic mass is 79.9. The second kappa shape index (κ2) is 5.87. The van der Waals surface area contributed by atoms with Gasteiger partial charge in [-0.15, -0.1) is 0 Å². The standard InChI is InChI=1S/C15H20BrNO/c1-11-7-8-13(16)10-14(11)15(18)17-9-5-3-4-6-12(17)2/h7-8,10,12H,3-6,9H2,1-2H3. The topological polar surface area (TPSA) is 20.3 Å². The lowest BCUT2D eigenvalue weighted by molar-refractivity contribution is 0.0697. The van der Waals surface area contributed by atoms with Crippen molar-refractivity contribution in [3.05, 3.63) is 33.8 Å². The fourth-order valence-electron chi connectivity index (χ4n) is 2.56. The van der Waals surface area contributed by atoms with Gasteiger partial charge in [-0.2, -0.15) is 0 Å². The fourth-order valence-corrected chi connectivity index (χ4v) is 2.92. The van der Waals surface area contributed by atoms with Crippen molar-refractivity contribution in [3.63, 3.8) is 0 Å². The number of nitrogens with zero attached hydrogens (tertiary/aromatic N) is 1. The quantitative estimate of drug-likeness (QED) is 0.762. The molecule has 1 aliphatic rings. The van der Waals surface area contributed by atoms with Crippen molar-refractivity contribution >= 4 is 21.8 Å². The third-order valence-electron chi connectivity index (χ3n) is 3.74. The van der Waals surface area contributed by atoms with Crippen molar-refractivity contribution in [2.24, 2.45) is 0 Å². The summed E-state index contributed by atoms with van der Waals surface area (Å²) in [6.07, 6.45) is 4.73. The second-order valence-corrected chi connectivity index (χ2v) is 6.07. The van der Waals surface area contributed by atoms with Crippen LogP contribution in [0.2, 0.25) is 0 Å². The summed E-state index contributed by atoms with van der Waals surface area (Å²) in [5.74, 6) is 0.184. The van der Waals surface area contributed by atoms with Gasteiger partial charge in [0, 0.05) is 22.6 Å². The zero-order valence-electron chi connectivity index (χ0n) is 11.1. The molecule has 1 aromatic carbocycles. The second-order valence-electron chi connectivity index (χ2n) is 5.16. The van der Waals surface area contributed by atoms with Crippen LogP contribution in [0, 0.1) is 6.92 Å². The van der Waals surface area contributed by atoms with Gasteiger partial charge in [-0.1, -0.05) is 34.8 Å². The third kappa shape index (κ3) is 2.94. The van der Waals surface area contributed by atoms with Crippen LogP contribution in [0.1, 0.15) is 48.5 Å². The molecule has 0 N–H and O–H groups in total. The van der Waals surface area contributed by atoms with Crippen LogP contribution < -0.4 is 0 Å². The Kier molecular flexibility index (Phi) is 4.44. The molecule has 1 amide bonds. The van der Waals surface area contributed by atoms with Gasteiger partial charge in [-0.3, -0.25) is 4.79 Å². The van der Waals surface area contributed by atoms with Gasteiger partial charge in [0.05, 0.1) is 0 Å². The van der Waals surface area contributed by atoms with Crippen LogP contribution >= 0.6 is 15.9 Å². The minimum Gasteiger partial charge on any atom is -0.336 e. The van der Waals surface area contributed by atoms with Crippen molar-refractivity contribution in [2.45, 2.75) is 45.6 Å². The van der Waals surface area contributed by atoms with E-state index in [1.807, 2.05) is 30.0 Å². The first-order valence-corrected chi connectivity index (χ1v) is 7.46. The van der Waals surface area contributed by atoms with E-state index in [0.29, 0.717) is 6.04 Å². The highest BCUT2D eigenvalue weighted by Gasteiger charge is 2.24. The number of amides is 1. The highest BCUT2D eigenvalue weighted by Crippen LogP contribution is 2.22. The normalized spacial score (nSPS) is 20.6. The first-order valence-electron chi connectivity index (χ1n) is 6.66. The minimum absolute atomic E-state index is 0.184. The predicted octanol–water partition coefficient (Wildman–Crippen LogP) is 4.16. The van der Waals surface area contributed by atoms with Gasteiger partial charge in [0.2, 0.25) is 0 Å². The Balaban J connectivity index is 2.26. The maximum absolute atomic E-state index is 12.6. The molecule has 2 rings (SSSR count). The lowest BCUT2D eigenvalue weighted by Gasteiger charge is -2.28. The van der Waals surface area contributed by atoms with Crippen LogP contribution in [0.3, 0.4) is 0 Å². The number of benzene rings is 1. The van der Waals surface area contributed by atoms with Gasteiger partial charge in [0.25, 0.3) is 5.91 Å². The van der Waals surface area contributed by atoms with Crippen LogP contribution in [-0.4, -0.2) is 23.4 Å². The molecule has 0 aromatic heterocycles. The monoisotopic (exact) mass is 309 g/mol. The molecule has 1 heterocycles. The van der Waals surface area contributed by atoms with Crippen LogP contribution in [0.4, 0.5) is 0 Å². The summed E-state index contributed by atoms with van der Waals surface area (Å²) in [4.78, 5) is 14.7. The van der Waals surface area contributed by atoms with E-state index in [1.54, 1.807) is 0 Å². The van der Waals surface area contributed by atoms with E-state index in [9.17, 15) is 4.79 Å². The molecule has 3 heteroatoms. The highest BCUT2D eigenvalue weighted by molar-refractivity contribution is 9.10. The van der Waals surface area contributed by atoms with Gasteiger partial charge in [-0.25, -0.2) is 0 Å². The van der Waals surface area contributed by atoms with E-state index >= 15 is 0 Å². The zero-order chi connectivity index (χ0) is 13.1. The molecule has 1 aliphatic heterocycles. The Labute approximate surface area is 117 Å². The Morgan fingerprint density at radius 1 is 1.33 bits per heavy atom. The Morgan fingerprint density at radius 2 is 2.11 bits per heavy atom. The number of carbonyl (C=O) groups is 1. The molecule has 0 bridgehead atoms. The first kappa shape index (κ1) is 13.6.